The lowest BCUT2D eigenvalue weighted by atomic mass is 10.5. The number of nitrogens with zero attached hydrogens (tertiary/aromatic N) is 1. The van der Waals surface area contributed by atoms with E-state index in [-0.39, 0.29) is 17.9 Å². The molecule has 8 heteroatoms. The molecule has 0 aliphatic heterocycles. The summed E-state index contributed by atoms with van der Waals surface area (Å²) in [6.07, 6.45) is 0.925. The highest BCUT2D eigenvalue weighted by Gasteiger charge is 2.17. The van der Waals surface area contributed by atoms with Crippen molar-refractivity contribution in [2.75, 3.05) is 6.54 Å². The van der Waals surface area contributed by atoms with Gasteiger partial charge in [-0.1, -0.05) is 0 Å². The molecule has 1 aromatic heterocycles. The van der Waals surface area contributed by atoms with Gasteiger partial charge in [-0.05, 0) is 6.92 Å². The number of aliphatic carboxylic acids is 1. The molecule has 0 spiro atoms. The lowest BCUT2D eigenvalue weighted by Gasteiger charge is -2.03. The topological polar surface area (TPSA) is 112 Å². The maximum atomic E-state index is 11.5. The number of carboxylic acid groups (broad SMARTS) is 1. The molecule has 0 saturated carbocycles. The van der Waals surface area contributed by atoms with E-state index in [0.29, 0.717) is 5.69 Å². The van der Waals surface area contributed by atoms with Gasteiger partial charge in [-0.25, -0.2) is 13.1 Å². The van der Waals surface area contributed by atoms with Crippen LogP contribution in [0.4, 0.5) is 0 Å². The molecular formula is C7H11N3O4S. The molecule has 1 rings (SSSR count). The Morgan fingerprint density at radius 1 is 1.67 bits per heavy atom. The lowest BCUT2D eigenvalue weighted by Crippen LogP contribution is -2.26. The number of aromatic amines is 1. The molecule has 0 amide bonds. The van der Waals surface area contributed by atoms with Crippen molar-refractivity contribution >= 4 is 16.0 Å². The number of rotatable bonds is 5. The van der Waals surface area contributed by atoms with Gasteiger partial charge in [0.1, 0.15) is 4.90 Å². The zero-order valence-corrected chi connectivity index (χ0v) is 8.84. The average Bonchev–Trinajstić information content (AvgIpc) is 2.50. The Morgan fingerprint density at radius 2 is 2.33 bits per heavy atom. The second-order valence-electron chi connectivity index (χ2n) is 2.90. The van der Waals surface area contributed by atoms with Crippen LogP contribution in [0.5, 0.6) is 0 Å². The van der Waals surface area contributed by atoms with Crippen molar-refractivity contribution in [2.24, 2.45) is 0 Å². The number of aryl methyl sites for hydroxylation is 1. The predicted octanol–water partition coefficient (Wildman–Crippen LogP) is -0.529. The molecule has 15 heavy (non-hydrogen) atoms. The van der Waals surface area contributed by atoms with Gasteiger partial charge >= 0.3 is 5.97 Å². The maximum absolute atomic E-state index is 11.5. The number of sulfonamides is 1. The summed E-state index contributed by atoms with van der Waals surface area (Å²) in [5.74, 6) is -1.05. The minimum Gasteiger partial charge on any atom is -0.481 e. The molecule has 0 saturated heterocycles. The number of H-pyrrole nitrogens is 1. The Morgan fingerprint density at radius 3 is 2.80 bits per heavy atom. The molecule has 0 atom stereocenters. The van der Waals surface area contributed by atoms with Gasteiger partial charge in [0.25, 0.3) is 0 Å². The smallest absolute Gasteiger partial charge is 0.304 e. The molecule has 0 fully saturated rings. The third-order valence-corrected chi connectivity index (χ3v) is 3.28. The Balaban J connectivity index is 2.69. The van der Waals surface area contributed by atoms with Crippen LogP contribution in [-0.4, -0.2) is 36.2 Å². The molecule has 84 valence electrons. The van der Waals surface area contributed by atoms with E-state index in [1.54, 1.807) is 6.92 Å². The van der Waals surface area contributed by atoms with E-state index < -0.39 is 16.0 Å². The lowest BCUT2D eigenvalue weighted by molar-refractivity contribution is -0.136. The summed E-state index contributed by atoms with van der Waals surface area (Å²) in [6.45, 7) is 1.43. The first-order valence-electron chi connectivity index (χ1n) is 4.15. The second-order valence-corrected chi connectivity index (χ2v) is 4.64. The van der Waals surface area contributed by atoms with Gasteiger partial charge in [0.15, 0.2) is 0 Å². The van der Waals surface area contributed by atoms with E-state index in [1.807, 2.05) is 0 Å². The molecule has 0 aliphatic carbocycles. The minimum atomic E-state index is -3.65. The molecule has 0 radical (unpaired) electrons. The molecule has 0 bridgehead atoms. The van der Waals surface area contributed by atoms with Crippen molar-refractivity contribution in [3.63, 3.8) is 0 Å². The summed E-state index contributed by atoms with van der Waals surface area (Å²) in [5, 5.41) is 14.4. The Bertz CT molecular complexity index is 451. The number of carboxylic acids is 1. The standard InChI is InChI=1S/C7H11N3O4S/c1-5-6(4-8-10-5)15(13,14)9-3-2-7(11)12/h4,9H,2-3H2,1H3,(H,8,10)(H,11,12). The van der Waals surface area contributed by atoms with E-state index in [2.05, 4.69) is 14.9 Å². The molecule has 1 heterocycles. The Labute approximate surface area is 86.6 Å². The molecule has 0 aromatic carbocycles. The summed E-state index contributed by atoms with van der Waals surface area (Å²) in [4.78, 5) is 10.2. The van der Waals surface area contributed by atoms with Gasteiger partial charge in [0, 0.05) is 6.54 Å². The highest BCUT2D eigenvalue weighted by Crippen LogP contribution is 2.10. The SMILES string of the molecule is Cc1[nH]ncc1S(=O)(=O)NCCC(=O)O. The monoisotopic (exact) mass is 233 g/mol. The average molecular weight is 233 g/mol. The molecule has 7 nitrogen and oxygen atoms in total. The first kappa shape index (κ1) is 11.7. The van der Waals surface area contributed by atoms with Gasteiger partial charge < -0.3 is 5.11 Å². The highest BCUT2D eigenvalue weighted by molar-refractivity contribution is 7.89. The summed E-state index contributed by atoms with van der Waals surface area (Å²) in [7, 11) is -3.65. The zero-order chi connectivity index (χ0) is 11.5. The summed E-state index contributed by atoms with van der Waals surface area (Å²) in [6, 6.07) is 0. The Kier molecular flexibility index (Phi) is 3.43. The molecule has 0 unspecified atom stereocenters. The predicted molar refractivity (Wildman–Crippen MR) is 50.8 cm³/mol. The van der Waals surface area contributed by atoms with Crippen molar-refractivity contribution in [1.82, 2.24) is 14.9 Å². The summed E-state index contributed by atoms with van der Waals surface area (Å²) >= 11 is 0. The largest absolute Gasteiger partial charge is 0.481 e. The number of hydrogen-bond acceptors (Lipinski definition) is 4. The zero-order valence-electron chi connectivity index (χ0n) is 8.02. The minimum absolute atomic E-state index is 0.0351. The van der Waals surface area contributed by atoms with Crippen LogP contribution in [0.2, 0.25) is 0 Å². The van der Waals surface area contributed by atoms with E-state index in [4.69, 9.17) is 5.11 Å². The summed E-state index contributed by atoms with van der Waals surface area (Å²) < 4.78 is 25.2. The van der Waals surface area contributed by atoms with Crippen molar-refractivity contribution in [3.8, 4) is 0 Å². The van der Waals surface area contributed by atoms with Crippen LogP contribution in [0.1, 0.15) is 12.1 Å². The molecular weight excluding hydrogens is 222 g/mol. The van der Waals surface area contributed by atoms with Gasteiger partial charge in [0.2, 0.25) is 10.0 Å². The number of nitrogens with one attached hydrogen (secondary N) is 2. The fraction of sp³-hybridized carbons (Fsp3) is 0.429. The van der Waals surface area contributed by atoms with Gasteiger partial charge in [-0.2, -0.15) is 5.10 Å². The first-order valence-corrected chi connectivity index (χ1v) is 5.63. The van der Waals surface area contributed by atoms with E-state index in [0.717, 1.165) is 0 Å². The van der Waals surface area contributed by atoms with E-state index in [9.17, 15) is 13.2 Å². The van der Waals surface area contributed by atoms with Crippen LogP contribution < -0.4 is 4.72 Å². The van der Waals surface area contributed by atoms with Gasteiger partial charge in [0.05, 0.1) is 18.3 Å². The number of carbonyl (C=O) groups is 1. The summed E-state index contributed by atoms with van der Waals surface area (Å²) in [5.41, 5.74) is 0.415. The normalized spacial score (nSPS) is 11.5. The fourth-order valence-corrected chi connectivity index (χ4v) is 2.15. The van der Waals surface area contributed by atoms with E-state index >= 15 is 0 Å². The fourth-order valence-electron chi connectivity index (χ4n) is 0.981. The third-order valence-electron chi connectivity index (χ3n) is 1.70. The second kappa shape index (κ2) is 4.41. The van der Waals surface area contributed by atoms with Crippen molar-refractivity contribution in [1.29, 1.82) is 0 Å². The van der Waals surface area contributed by atoms with Crippen LogP contribution in [-0.2, 0) is 14.8 Å². The molecule has 0 aliphatic rings. The van der Waals surface area contributed by atoms with E-state index in [1.165, 1.54) is 6.20 Å². The highest BCUT2D eigenvalue weighted by atomic mass is 32.2. The van der Waals surface area contributed by atoms with Crippen LogP contribution in [0.25, 0.3) is 0 Å². The molecule has 3 N–H and O–H groups in total. The Hall–Kier alpha value is -1.41. The first-order chi connectivity index (χ1) is 6.93. The van der Waals surface area contributed by atoms with Crippen LogP contribution in [0.3, 0.4) is 0 Å². The van der Waals surface area contributed by atoms with Gasteiger partial charge in [-0.15, -0.1) is 0 Å². The number of hydrogen-bond donors (Lipinski definition) is 3. The van der Waals surface area contributed by atoms with Crippen molar-refractivity contribution < 1.29 is 18.3 Å². The number of aromatic nitrogens is 2. The van der Waals surface area contributed by atoms with Crippen molar-refractivity contribution in [2.45, 2.75) is 18.2 Å². The van der Waals surface area contributed by atoms with Gasteiger partial charge in [-0.3, -0.25) is 9.89 Å². The van der Waals surface area contributed by atoms with Crippen LogP contribution >= 0.6 is 0 Å². The third kappa shape index (κ3) is 3.03. The van der Waals surface area contributed by atoms with Crippen molar-refractivity contribution in [3.05, 3.63) is 11.9 Å². The van der Waals surface area contributed by atoms with Crippen LogP contribution in [0, 0.1) is 6.92 Å². The maximum Gasteiger partial charge on any atom is 0.304 e. The molecule has 1 aromatic rings. The quantitative estimate of drug-likeness (QED) is 0.633. The van der Waals surface area contributed by atoms with Crippen LogP contribution in [0.15, 0.2) is 11.1 Å².